The molecule has 2 aromatic heterocycles. The van der Waals surface area contributed by atoms with Gasteiger partial charge in [0.05, 0.1) is 17.2 Å². The number of aromatic nitrogens is 2. The summed E-state index contributed by atoms with van der Waals surface area (Å²) in [5, 5.41) is 9.98. The van der Waals surface area contributed by atoms with Gasteiger partial charge in [0.15, 0.2) is 0 Å². The van der Waals surface area contributed by atoms with Gasteiger partial charge in [-0.25, -0.2) is 4.98 Å². The van der Waals surface area contributed by atoms with Crippen LogP contribution in [-0.2, 0) is 6.61 Å². The zero-order valence-electron chi connectivity index (χ0n) is 8.69. The predicted molar refractivity (Wildman–Crippen MR) is 60.7 cm³/mol. The maximum Gasteiger partial charge on any atom is 0.142 e. The largest absolute Gasteiger partial charge is 0.391 e. The summed E-state index contributed by atoms with van der Waals surface area (Å²) in [4.78, 5) is 9.62. The maximum absolute atomic E-state index is 9.10. The van der Waals surface area contributed by atoms with E-state index in [1.165, 1.54) is 11.3 Å². The van der Waals surface area contributed by atoms with Crippen molar-refractivity contribution in [2.75, 3.05) is 0 Å². The van der Waals surface area contributed by atoms with Crippen LogP contribution < -0.4 is 0 Å². The van der Waals surface area contributed by atoms with Gasteiger partial charge in [-0.3, -0.25) is 4.98 Å². The van der Waals surface area contributed by atoms with E-state index >= 15 is 0 Å². The Labute approximate surface area is 92.5 Å². The number of pyridine rings is 1. The van der Waals surface area contributed by atoms with Crippen molar-refractivity contribution in [2.45, 2.75) is 20.5 Å². The molecule has 0 saturated carbocycles. The molecule has 0 aliphatic rings. The Morgan fingerprint density at radius 2 is 2.20 bits per heavy atom. The highest BCUT2D eigenvalue weighted by Crippen LogP contribution is 2.28. The van der Waals surface area contributed by atoms with E-state index in [4.69, 9.17) is 5.11 Å². The minimum atomic E-state index is 0.0510. The second-order valence-electron chi connectivity index (χ2n) is 3.35. The van der Waals surface area contributed by atoms with Gasteiger partial charge in [-0.2, -0.15) is 0 Å². The van der Waals surface area contributed by atoms with Gasteiger partial charge in [-0.1, -0.05) is 6.07 Å². The molecule has 0 aliphatic heterocycles. The number of aryl methyl sites for hydroxylation is 2. The molecule has 1 N–H and O–H groups in total. The molecule has 0 amide bonds. The van der Waals surface area contributed by atoms with E-state index < -0.39 is 0 Å². The van der Waals surface area contributed by atoms with Gasteiger partial charge in [-0.05, 0) is 25.5 Å². The molecule has 3 nitrogen and oxygen atoms in total. The van der Waals surface area contributed by atoms with E-state index in [9.17, 15) is 0 Å². The van der Waals surface area contributed by atoms with Gasteiger partial charge in [0.2, 0.25) is 0 Å². The third kappa shape index (κ3) is 1.91. The fraction of sp³-hybridized carbons (Fsp3) is 0.273. The van der Waals surface area contributed by atoms with Crippen LogP contribution in [0.5, 0.6) is 0 Å². The Morgan fingerprint density at radius 3 is 2.80 bits per heavy atom. The van der Waals surface area contributed by atoms with Gasteiger partial charge in [-0.15, -0.1) is 11.3 Å². The van der Waals surface area contributed by atoms with Crippen LogP contribution in [0.25, 0.3) is 10.7 Å². The van der Waals surface area contributed by atoms with Crippen LogP contribution in [0.3, 0.4) is 0 Å². The first-order chi connectivity index (χ1) is 7.22. The van der Waals surface area contributed by atoms with Gasteiger partial charge in [0, 0.05) is 6.20 Å². The van der Waals surface area contributed by atoms with Crippen molar-refractivity contribution < 1.29 is 5.11 Å². The topological polar surface area (TPSA) is 46.0 Å². The van der Waals surface area contributed by atoms with E-state index in [0.29, 0.717) is 0 Å². The monoisotopic (exact) mass is 220 g/mol. The number of nitrogens with zero attached hydrogens (tertiary/aromatic N) is 2. The fourth-order valence-electron chi connectivity index (χ4n) is 1.39. The molecule has 0 aliphatic carbocycles. The van der Waals surface area contributed by atoms with Crippen molar-refractivity contribution in [2.24, 2.45) is 0 Å². The summed E-state index contributed by atoms with van der Waals surface area (Å²) in [6, 6.07) is 3.92. The fourth-order valence-corrected chi connectivity index (χ4v) is 2.37. The predicted octanol–water partition coefficient (Wildman–Crippen LogP) is 2.31. The van der Waals surface area contributed by atoms with Gasteiger partial charge in [0.1, 0.15) is 10.7 Å². The molecule has 4 heteroatoms. The lowest BCUT2D eigenvalue weighted by atomic mass is 10.2. The highest BCUT2D eigenvalue weighted by molar-refractivity contribution is 7.15. The summed E-state index contributed by atoms with van der Waals surface area (Å²) in [7, 11) is 0. The van der Waals surface area contributed by atoms with E-state index in [2.05, 4.69) is 9.97 Å². The molecule has 2 rings (SSSR count). The van der Waals surface area contributed by atoms with E-state index in [1.807, 2.05) is 26.0 Å². The number of hydrogen-bond donors (Lipinski definition) is 1. The number of rotatable bonds is 2. The molecule has 0 aromatic carbocycles. The molecule has 0 radical (unpaired) electrons. The molecule has 0 fully saturated rings. The number of aliphatic hydroxyl groups excluding tert-OH is 1. The summed E-state index contributed by atoms with van der Waals surface area (Å²) in [6.45, 7) is 3.97. The van der Waals surface area contributed by atoms with Crippen molar-refractivity contribution in [3.63, 3.8) is 0 Å². The van der Waals surface area contributed by atoms with E-state index in [0.717, 1.165) is 26.8 Å². The summed E-state index contributed by atoms with van der Waals surface area (Å²) in [6.07, 6.45) is 1.76. The average molecular weight is 220 g/mol. The van der Waals surface area contributed by atoms with Crippen LogP contribution in [-0.4, -0.2) is 15.1 Å². The van der Waals surface area contributed by atoms with Crippen molar-refractivity contribution in [3.05, 3.63) is 34.5 Å². The zero-order valence-corrected chi connectivity index (χ0v) is 9.51. The first-order valence-corrected chi connectivity index (χ1v) is 5.53. The summed E-state index contributed by atoms with van der Waals surface area (Å²) in [5.41, 5.74) is 2.91. The molecule has 15 heavy (non-hydrogen) atoms. The number of hydrogen-bond acceptors (Lipinski definition) is 4. The third-order valence-electron chi connectivity index (χ3n) is 2.25. The zero-order chi connectivity index (χ0) is 10.8. The molecule has 0 spiro atoms. The van der Waals surface area contributed by atoms with Crippen molar-refractivity contribution in [1.82, 2.24) is 9.97 Å². The lowest BCUT2D eigenvalue weighted by Crippen LogP contribution is -1.86. The quantitative estimate of drug-likeness (QED) is 0.844. The van der Waals surface area contributed by atoms with Crippen LogP contribution in [0.15, 0.2) is 18.3 Å². The van der Waals surface area contributed by atoms with Gasteiger partial charge in [0.25, 0.3) is 0 Å². The SMILES string of the molecule is Cc1cccnc1-c1nc(C)c(CO)s1. The Bertz CT molecular complexity index is 479. The molecule has 2 heterocycles. The van der Waals surface area contributed by atoms with Gasteiger partial charge < -0.3 is 5.11 Å². The summed E-state index contributed by atoms with van der Waals surface area (Å²) in [5.74, 6) is 0. The molecule has 78 valence electrons. The Kier molecular flexibility index (Phi) is 2.79. The van der Waals surface area contributed by atoms with Crippen LogP contribution in [0.1, 0.15) is 16.1 Å². The second-order valence-corrected chi connectivity index (χ2v) is 4.44. The Morgan fingerprint density at radius 1 is 1.40 bits per heavy atom. The van der Waals surface area contributed by atoms with Crippen LogP contribution >= 0.6 is 11.3 Å². The molecular weight excluding hydrogens is 208 g/mol. The lowest BCUT2D eigenvalue weighted by molar-refractivity contribution is 0.284. The minimum absolute atomic E-state index is 0.0510. The molecule has 2 aromatic rings. The highest BCUT2D eigenvalue weighted by Gasteiger charge is 2.10. The Hall–Kier alpha value is -1.26. The standard InChI is InChI=1S/C11H12N2OS/c1-7-4-3-5-12-10(7)11-13-8(2)9(6-14)15-11/h3-5,14H,6H2,1-2H3. The molecule has 0 unspecified atom stereocenters. The average Bonchev–Trinajstić information content (AvgIpc) is 2.60. The smallest absolute Gasteiger partial charge is 0.142 e. The van der Waals surface area contributed by atoms with Crippen molar-refractivity contribution >= 4 is 11.3 Å². The van der Waals surface area contributed by atoms with E-state index in [1.54, 1.807) is 6.20 Å². The Balaban J connectivity index is 2.50. The normalized spacial score (nSPS) is 10.6. The van der Waals surface area contributed by atoms with Crippen LogP contribution in [0.2, 0.25) is 0 Å². The maximum atomic E-state index is 9.10. The molecule has 0 saturated heterocycles. The molecule has 0 atom stereocenters. The number of thiazole rings is 1. The summed E-state index contributed by atoms with van der Waals surface area (Å²) < 4.78 is 0. The van der Waals surface area contributed by atoms with E-state index in [-0.39, 0.29) is 6.61 Å². The molecular formula is C11H12N2OS. The molecule has 0 bridgehead atoms. The third-order valence-corrected chi connectivity index (χ3v) is 3.40. The summed E-state index contributed by atoms with van der Waals surface area (Å²) >= 11 is 1.50. The minimum Gasteiger partial charge on any atom is -0.391 e. The van der Waals surface area contributed by atoms with Crippen molar-refractivity contribution in [3.8, 4) is 10.7 Å². The van der Waals surface area contributed by atoms with Gasteiger partial charge >= 0.3 is 0 Å². The highest BCUT2D eigenvalue weighted by atomic mass is 32.1. The van der Waals surface area contributed by atoms with Crippen molar-refractivity contribution in [1.29, 1.82) is 0 Å². The first kappa shape index (κ1) is 10.3. The van der Waals surface area contributed by atoms with Crippen LogP contribution in [0.4, 0.5) is 0 Å². The second kappa shape index (κ2) is 4.08. The lowest BCUT2D eigenvalue weighted by Gasteiger charge is -1.98. The first-order valence-electron chi connectivity index (χ1n) is 4.71. The van der Waals surface area contributed by atoms with Crippen LogP contribution in [0, 0.1) is 13.8 Å². The number of aliphatic hydroxyl groups is 1.